The van der Waals surface area contributed by atoms with Gasteiger partial charge in [-0.05, 0) is 32.4 Å². The summed E-state index contributed by atoms with van der Waals surface area (Å²) in [5.41, 5.74) is 0.778. The summed E-state index contributed by atoms with van der Waals surface area (Å²) in [6.07, 6.45) is -2.51. The number of nitrogens with one attached hydrogen (secondary N) is 1. The molecular formula is C14H18F2N2O2. The van der Waals surface area contributed by atoms with Crippen molar-refractivity contribution in [3.63, 3.8) is 0 Å². The van der Waals surface area contributed by atoms with Gasteiger partial charge in [0.25, 0.3) is 0 Å². The molecule has 2 heterocycles. The number of ether oxygens (including phenoxy) is 2. The highest BCUT2D eigenvalue weighted by Gasteiger charge is 2.43. The zero-order valence-electron chi connectivity index (χ0n) is 11.5. The standard InChI is InChI=1S/C14H18F2N2O2/c1-9(2)18-6-5-11(8-18)17-10-3-4-12-13(7-10)20-14(15,16)19-12/h3-4,7,9,11,17H,5-6,8H2,1-2H3. The fourth-order valence-corrected chi connectivity index (χ4v) is 2.65. The van der Waals surface area contributed by atoms with Crippen molar-refractivity contribution in [1.82, 2.24) is 4.90 Å². The van der Waals surface area contributed by atoms with Crippen molar-refractivity contribution in [3.05, 3.63) is 18.2 Å². The molecule has 0 aromatic heterocycles. The summed E-state index contributed by atoms with van der Waals surface area (Å²) in [7, 11) is 0. The lowest BCUT2D eigenvalue weighted by molar-refractivity contribution is -0.286. The molecule has 110 valence electrons. The molecule has 0 bridgehead atoms. The Labute approximate surface area is 116 Å². The first-order chi connectivity index (χ1) is 9.43. The zero-order chi connectivity index (χ0) is 14.3. The molecule has 4 nitrogen and oxygen atoms in total. The van der Waals surface area contributed by atoms with Gasteiger partial charge in [0.15, 0.2) is 11.5 Å². The summed E-state index contributed by atoms with van der Waals surface area (Å²) in [5, 5.41) is 3.36. The van der Waals surface area contributed by atoms with Gasteiger partial charge in [-0.1, -0.05) is 0 Å². The van der Waals surface area contributed by atoms with E-state index in [1.54, 1.807) is 12.1 Å². The van der Waals surface area contributed by atoms with Gasteiger partial charge in [0.2, 0.25) is 0 Å². The molecule has 1 aromatic carbocycles. The van der Waals surface area contributed by atoms with Crippen LogP contribution in [0.1, 0.15) is 20.3 Å². The molecule has 1 atom stereocenters. The quantitative estimate of drug-likeness (QED) is 0.925. The molecule has 2 aliphatic heterocycles. The van der Waals surface area contributed by atoms with Crippen molar-refractivity contribution in [3.8, 4) is 11.5 Å². The first-order valence-corrected chi connectivity index (χ1v) is 6.83. The van der Waals surface area contributed by atoms with Gasteiger partial charge in [0.05, 0.1) is 0 Å². The van der Waals surface area contributed by atoms with E-state index in [1.165, 1.54) is 6.07 Å². The summed E-state index contributed by atoms with van der Waals surface area (Å²) in [6, 6.07) is 5.67. The molecule has 0 radical (unpaired) electrons. The highest BCUT2D eigenvalue weighted by Crippen LogP contribution is 2.42. The maximum Gasteiger partial charge on any atom is 0.586 e. The first-order valence-electron chi connectivity index (χ1n) is 6.83. The van der Waals surface area contributed by atoms with Crippen LogP contribution in [0.2, 0.25) is 0 Å². The van der Waals surface area contributed by atoms with Crippen molar-refractivity contribution < 1.29 is 18.3 Å². The van der Waals surface area contributed by atoms with E-state index in [2.05, 4.69) is 33.5 Å². The highest BCUT2D eigenvalue weighted by molar-refractivity contribution is 5.56. The summed E-state index contributed by atoms with van der Waals surface area (Å²) >= 11 is 0. The van der Waals surface area contributed by atoms with Crippen LogP contribution in [0.4, 0.5) is 14.5 Å². The summed E-state index contributed by atoms with van der Waals surface area (Å²) in [4.78, 5) is 2.39. The molecule has 20 heavy (non-hydrogen) atoms. The number of likely N-dealkylation sites (tertiary alicyclic amines) is 1. The Morgan fingerprint density at radius 2 is 2.05 bits per heavy atom. The number of halogens is 2. The maximum absolute atomic E-state index is 12.9. The average Bonchev–Trinajstić information content (AvgIpc) is 2.91. The number of hydrogen-bond donors (Lipinski definition) is 1. The monoisotopic (exact) mass is 284 g/mol. The van der Waals surface area contributed by atoms with Gasteiger partial charge in [-0.3, -0.25) is 4.90 Å². The molecule has 0 saturated carbocycles. The fourth-order valence-electron chi connectivity index (χ4n) is 2.65. The van der Waals surface area contributed by atoms with Gasteiger partial charge >= 0.3 is 6.29 Å². The maximum atomic E-state index is 12.9. The molecule has 2 aliphatic rings. The summed E-state index contributed by atoms with van der Waals surface area (Å²) in [6.45, 7) is 6.36. The largest absolute Gasteiger partial charge is 0.586 e. The molecule has 3 rings (SSSR count). The van der Waals surface area contributed by atoms with Crippen LogP contribution in [-0.2, 0) is 0 Å². The van der Waals surface area contributed by atoms with Gasteiger partial charge in [-0.25, -0.2) is 0 Å². The predicted molar refractivity (Wildman–Crippen MR) is 71.4 cm³/mol. The summed E-state index contributed by atoms with van der Waals surface area (Å²) in [5.74, 6) is 0.162. The topological polar surface area (TPSA) is 33.7 Å². The van der Waals surface area contributed by atoms with E-state index in [0.717, 1.165) is 25.2 Å². The van der Waals surface area contributed by atoms with Gasteiger partial charge < -0.3 is 14.8 Å². The number of hydrogen-bond acceptors (Lipinski definition) is 4. The molecular weight excluding hydrogens is 266 g/mol. The van der Waals surface area contributed by atoms with Gasteiger partial charge in [-0.15, -0.1) is 8.78 Å². The third kappa shape index (κ3) is 2.65. The normalized spacial score (nSPS) is 24.4. The van der Waals surface area contributed by atoms with Crippen molar-refractivity contribution >= 4 is 5.69 Å². The molecule has 1 aromatic rings. The van der Waals surface area contributed by atoms with E-state index in [-0.39, 0.29) is 11.5 Å². The van der Waals surface area contributed by atoms with Crippen LogP contribution >= 0.6 is 0 Å². The molecule has 1 saturated heterocycles. The van der Waals surface area contributed by atoms with Crippen molar-refractivity contribution in [2.24, 2.45) is 0 Å². The number of nitrogens with zero attached hydrogens (tertiary/aromatic N) is 1. The van der Waals surface area contributed by atoms with E-state index in [4.69, 9.17) is 0 Å². The minimum absolute atomic E-state index is 0.0794. The Hall–Kier alpha value is -1.56. The molecule has 1 fully saturated rings. The van der Waals surface area contributed by atoms with Crippen molar-refractivity contribution in [2.45, 2.75) is 38.6 Å². The van der Waals surface area contributed by atoms with Crippen LogP contribution in [0.15, 0.2) is 18.2 Å². The zero-order valence-corrected chi connectivity index (χ0v) is 11.5. The lowest BCUT2D eigenvalue weighted by Gasteiger charge is -2.20. The Kier molecular flexibility index (Phi) is 3.20. The first kappa shape index (κ1) is 13.4. The molecule has 0 aliphatic carbocycles. The number of rotatable bonds is 3. The van der Waals surface area contributed by atoms with E-state index in [9.17, 15) is 8.78 Å². The number of benzene rings is 1. The molecule has 1 unspecified atom stereocenters. The van der Waals surface area contributed by atoms with Crippen LogP contribution in [-0.4, -0.2) is 36.4 Å². The van der Waals surface area contributed by atoms with Crippen LogP contribution in [0, 0.1) is 0 Å². The predicted octanol–water partition coefficient (Wildman–Crippen LogP) is 2.90. The fraction of sp³-hybridized carbons (Fsp3) is 0.571. The third-order valence-corrected chi connectivity index (χ3v) is 3.72. The van der Waals surface area contributed by atoms with Crippen LogP contribution in [0.3, 0.4) is 0 Å². The summed E-state index contributed by atoms with van der Waals surface area (Å²) < 4.78 is 34.7. The number of fused-ring (bicyclic) bond motifs is 1. The molecule has 0 amide bonds. The third-order valence-electron chi connectivity index (χ3n) is 3.72. The smallest absolute Gasteiger partial charge is 0.395 e. The van der Waals surface area contributed by atoms with Crippen LogP contribution < -0.4 is 14.8 Å². The number of alkyl halides is 2. The SMILES string of the molecule is CC(C)N1CCC(Nc2ccc3c(c2)OC(F)(F)O3)C1. The van der Waals surface area contributed by atoms with Gasteiger partial charge in [-0.2, -0.15) is 0 Å². The Morgan fingerprint density at radius 3 is 2.75 bits per heavy atom. The molecule has 6 heteroatoms. The lowest BCUT2D eigenvalue weighted by atomic mass is 10.2. The number of anilines is 1. The second kappa shape index (κ2) is 4.77. The Balaban J connectivity index is 1.66. The minimum Gasteiger partial charge on any atom is -0.395 e. The van der Waals surface area contributed by atoms with E-state index < -0.39 is 6.29 Å². The van der Waals surface area contributed by atoms with E-state index >= 15 is 0 Å². The van der Waals surface area contributed by atoms with E-state index in [1.807, 2.05) is 0 Å². The van der Waals surface area contributed by atoms with Gasteiger partial charge in [0, 0.05) is 36.9 Å². The lowest BCUT2D eigenvalue weighted by Crippen LogP contribution is -2.31. The van der Waals surface area contributed by atoms with Gasteiger partial charge in [0.1, 0.15) is 0 Å². The second-order valence-corrected chi connectivity index (χ2v) is 5.55. The van der Waals surface area contributed by atoms with E-state index in [0.29, 0.717) is 12.1 Å². The van der Waals surface area contributed by atoms with Crippen molar-refractivity contribution in [1.29, 1.82) is 0 Å². The highest BCUT2D eigenvalue weighted by atomic mass is 19.3. The van der Waals surface area contributed by atoms with Crippen LogP contribution in [0.25, 0.3) is 0 Å². The minimum atomic E-state index is -3.55. The second-order valence-electron chi connectivity index (χ2n) is 5.55. The van der Waals surface area contributed by atoms with Crippen LogP contribution in [0.5, 0.6) is 11.5 Å². The Bertz CT molecular complexity index is 508. The molecule has 1 N–H and O–H groups in total. The Morgan fingerprint density at radius 1 is 1.30 bits per heavy atom. The van der Waals surface area contributed by atoms with Crippen molar-refractivity contribution in [2.75, 3.05) is 18.4 Å². The molecule has 0 spiro atoms. The average molecular weight is 284 g/mol.